The molecular weight excluding hydrogens is 292 g/mol. The molecule has 2 fully saturated rings. The highest BCUT2D eigenvalue weighted by Crippen LogP contribution is 2.41. The zero-order valence-corrected chi connectivity index (χ0v) is 13.2. The first kappa shape index (κ1) is 13.7. The van der Waals surface area contributed by atoms with Crippen LogP contribution in [0, 0.1) is 5.92 Å². The first-order valence-corrected chi connectivity index (χ1v) is 8.69. The van der Waals surface area contributed by atoms with Crippen molar-refractivity contribution in [1.29, 1.82) is 0 Å². The van der Waals surface area contributed by atoms with Crippen molar-refractivity contribution in [1.82, 2.24) is 19.8 Å². The van der Waals surface area contributed by atoms with Gasteiger partial charge in [0.15, 0.2) is 0 Å². The quantitative estimate of drug-likeness (QED) is 0.916. The molecule has 0 saturated heterocycles. The van der Waals surface area contributed by atoms with Crippen LogP contribution in [0.5, 0.6) is 0 Å². The summed E-state index contributed by atoms with van der Waals surface area (Å²) in [5, 5.41) is 19.1. The molecule has 0 amide bonds. The monoisotopic (exact) mass is 314 g/mol. The Balaban J connectivity index is 1.27. The molecule has 23 heavy (non-hydrogen) atoms. The van der Waals surface area contributed by atoms with Crippen LogP contribution in [0.2, 0.25) is 0 Å². The molecule has 0 unspecified atom stereocenters. The molecule has 122 valence electrons. The highest BCUT2D eigenvalue weighted by Gasteiger charge is 2.33. The molecule has 1 aliphatic heterocycles. The van der Waals surface area contributed by atoms with Crippen LogP contribution in [0.25, 0.3) is 0 Å². The van der Waals surface area contributed by atoms with Gasteiger partial charge in [-0.15, -0.1) is 0 Å². The molecule has 5 rings (SSSR count). The van der Waals surface area contributed by atoms with Crippen LogP contribution in [-0.2, 0) is 19.6 Å². The summed E-state index contributed by atoms with van der Waals surface area (Å²) in [6.45, 7) is 3.51. The van der Waals surface area contributed by atoms with Crippen molar-refractivity contribution in [2.45, 2.75) is 57.3 Å². The predicted octanol–water partition coefficient (Wildman–Crippen LogP) is 2.21. The average Bonchev–Trinajstić information content (AvgIpc) is 3.48. The van der Waals surface area contributed by atoms with E-state index in [1.807, 2.05) is 0 Å². The Morgan fingerprint density at radius 1 is 1.22 bits per heavy atom. The smallest absolute Gasteiger partial charge is 0.140 e. The molecule has 0 bridgehead atoms. The Morgan fingerprint density at radius 3 is 2.87 bits per heavy atom. The zero-order valence-electron chi connectivity index (χ0n) is 13.2. The van der Waals surface area contributed by atoms with Gasteiger partial charge in [-0.1, -0.05) is 5.16 Å². The standard InChI is InChI=1S/C17H22N4O2/c22-17(12-3-4-12)15-8-14-10-20(5-6-21(14)18-15)9-13-7-16(23-19-13)11-1-2-11/h7-8,11-12,17,22H,1-6,9-10H2/t17-/m0/s1. The highest BCUT2D eigenvalue weighted by atomic mass is 16.5. The minimum Gasteiger partial charge on any atom is -0.386 e. The summed E-state index contributed by atoms with van der Waals surface area (Å²) in [4.78, 5) is 2.37. The van der Waals surface area contributed by atoms with Crippen molar-refractivity contribution in [2.24, 2.45) is 5.92 Å². The van der Waals surface area contributed by atoms with Crippen molar-refractivity contribution < 1.29 is 9.63 Å². The predicted molar refractivity (Wildman–Crippen MR) is 82.5 cm³/mol. The van der Waals surface area contributed by atoms with E-state index in [-0.39, 0.29) is 6.10 Å². The molecule has 2 aromatic rings. The van der Waals surface area contributed by atoms with Crippen LogP contribution < -0.4 is 0 Å². The molecule has 1 atom stereocenters. The first-order chi connectivity index (χ1) is 11.3. The van der Waals surface area contributed by atoms with Gasteiger partial charge in [0, 0.05) is 31.6 Å². The van der Waals surface area contributed by atoms with E-state index in [2.05, 4.69) is 32.0 Å². The van der Waals surface area contributed by atoms with Crippen LogP contribution in [0.3, 0.4) is 0 Å². The van der Waals surface area contributed by atoms with E-state index >= 15 is 0 Å². The van der Waals surface area contributed by atoms with Gasteiger partial charge in [-0.25, -0.2) is 0 Å². The molecule has 0 radical (unpaired) electrons. The van der Waals surface area contributed by atoms with Crippen LogP contribution in [0.1, 0.15) is 60.5 Å². The van der Waals surface area contributed by atoms with Gasteiger partial charge in [-0.3, -0.25) is 9.58 Å². The normalized spacial score (nSPS) is 23.0. The first-order valence-electron chi connectivity index (χ1n) is 8.69. The third kappa shape index (κ3) is 2.70. The average molecular weight is 314 g/mol. The number of hydrogen-bond acceptors (Lipinski definition) is 5. The van der Waals surface area contributed by atoms with E-state index in [1.54, 1.807) is 0 Å². The molecule has 0 aromatic carbocycles. The summed E-state index contributed by atoms with van der Waals surface area (Å²) >= 11 is 0. The van der Waals surface area contributed by atoms with Crippen molar-refractivity contribution in [3.63, 3.8) is 0 Å². The Hall–Kier alpha value is -1.66. The van der Waals surface area contributed by atoms with Gasteiger partial charge >= 0.3 is 0 Å². The third-order valence-corrected chi connectivity index (χ3v) is 5.21. The lowest BCUT2D eigenvalue weighted by molar-refractivity contribution is 0.147. The van der Waals surface area contributed by atoms with Gasteiger partial charge in [-0.2, -0.15) is 5.10 Å². The number of aromatic nitrogens is 3. The summed E-state index contributed by atoms with van der Waals surface area (Å²) in [5.41, 5.74) is 3.07. The van der Waals surface area contributed by atoms with Gasteiger partial charge < -0.3 is 9.63 Å². The summed E-state index contributed by atoms with van der Waals surface area (Å²) in [7, 11) is 0. The molecule has 2 saturated carbocycles. The third-order valence-electron chi connectivity index (χ3n) is 5.21. The minimum atomic E-state index is -0.377. The maximum atomic E-state index is 10.3. The van der Waals surface area contributed by atoms with Gasteiger partial charge in [0.2, 0.25) is 0 Å². The van der Waals surface area contributed by atoms with Crippen LogP contribution >= 0.6 is 0 Å². The van der Waals surface area contributed by atoms with E-state index < -0.39 is 0 Å². The molecule has 2 aliphatic carbocycles. The van der Waals surface area contributed by atoms with Gasteiger partial charge in [-0.05, 0) is 37.7 Å². The van der Waals surface area contributed by atoms with Crippen LogP contribution in [0.4, 0.5) is 0 Å². The lowest BCUT2D eigenvalue weighted by atomic mass is 10.1. The number of aliphatic hydroxyl groups is 1. The fourth-order valence-electron chi connectivity index (χ4n) is 3.47. The topological polar surface area (TPSA) is 67.3 Å². The Morgan fingerprint density at radius 2 is 2.09 bits per heavy atom. The van der Waals surface area contributed by atoms with Crippen molar-refractivity contribution in [3.8, 4) is 0 Å². The van der Waals surface area contributed by atoms with Crippen molar-refractivity contribution >= 4 is 0 Å². The molecule has 6 nitrogen and oxygen atoms in total. The molecule has 3 aliphatic rings. The summed E-state index contributed by atoms with van der Waals surface area (Å²) in [6, 6.07) is 4.19. The van der Waals surface area contributed by atoms with Gasteiger partial charge in [0.25, 0.3) is 0 Å². The maximum absolute atomic E-state index is 10.3. The van der Waals surface area contributed by atoms with Gasteiger partial charge in [0.05, 0.1) is 23.6 Å². The number of aliphatic hydroxyl groups excluding tert-OH is 1. The molecule has 1 N–H and O–H groups in total. The minimum absolute atomic E-state index is 0.377. The summed E-state index contributed by atoms with van der Waals surface area (Å²) in [6.07, 6.45) is 4.36. The fourth-order valence-corrected chi connectivity index (χ4v) is 3.47. The summed E-state index contributed by atoms with van der Waals surface area (Å²) < 4.78 is 7.49. The maximum Gasteiger partial charge on any atom is 0.140 e. The number of nitrogens with zero attached hydrogens (tertiary/aromatic N) is 4. The summed E-state index contributed by atoms with van der Waals surface area (Å²) in [5.74, 6) is 2.10. The molecule has 0 spiro atoms. The molecule has 2 aromatic heterocycles. The van der Waals surface area contributed by atoms with Crippen molar-refractivity contribution in [3.05, 3.63) is 35.0 Å². The van der Waals surface area contributed by atoms with E-state index in [1.165, 1.54) is 18.5 Å². The van der Waals surface area contributed by atoms with Crippen LogP contribution in [-0.4, -0.2) is 31.5 Å². The number of fused-ring (bicyclic) bond motifs is 1. The lowest BCUT2D eigenvalue weighted by Crippen LogP contribution is -2.33. The Labute approximate surface area is 135 Å². The molecule has 3 heterocycles. The largest absolute Gasteiger partial charge is 0.386 e. The highest BCUT2D eigenvalue weighted by molar-refractivity contribution is 5.17. The number of hydrogen-bond donors (Lipinski definition) is 1. The van der Waals surface area contributed by atoms with E-state index in [0.717, 1.165) is 56.2 Å². The second-order valence-electron chi connectivity index (χ2n) is 7.27. The second-order valence-corrected chi connectivity index (χ2v) is 7.27. The van der Waals surface area contributed by atoms with E-state index in [4.69, 9.17) is 4.52 Å². The SMILES string of the molecule is O[C@H](c1cc2n(n1)CCN(Cc1cc(C3CC3)on1)C2)C1CC1. The van der Waals surface area contributed by atoms with E-state index in [0.29, 0.717) is 11.8 Å². The van der Waals surface area contributed by atoms with Crippen molar-refractivity contribution in [2.75, 3.05) is 6.54 Å². The lowest BCUT2D eigenvalue weighted by Gasteiger charge is -2.26. The zero-order chi connectivity index (χ0) is 15.4. The Bertz CT molecular complexity index is 714. The van der Waals surface area contributed by atoms with E-state index in [9.17, 15) is 5.11 Å². The fraction of sp³-hybridized carbons (Fsp3) is 0.647. The Kier molecular flexibility index (Phi) is 3.09. The van der Waals surface area contributed by atoms with Gasteiger partial charge in [0.1, 0.15) is 11.9 Å². The second kappa shape index (κ2) is 5.18. The van der Waals surface area contributed by atoms with Crippen LogP contribution in [0.15, 0.2) is 16.7 Å². The molecular formula is C17H22N4O2. The number of rotatable bonds is 5. The molecule has 6 heteroatoms.